The van der Waals surface area contributed by atoms with Gasteiger partial charge in [-0.1, -0.05) is 37.5 Å². The highest BCUT2D eigenvalue weighted by atomic mass is 19.4. The Labute approximate surface area is 270 Å². The summed E-state index contributed by atoms with van der Waals surface area (Å²) in [7, 11) is 0. The van der Waals surface area contributed by atoms with E-state index in [-0.39, 0.29) is 54.7 Å². The molecule has 8 nitrogen and oxygen atoms in total. The summed E-state index contributed by atoms with van der Waals surface area (Å²) < 4.78 is 58.2. The van der Waals surface area contributed by atoms with Crippen molar-refractivity contribution < 1.29 is 36.7 Å². The monoisotopic (exact) mass is 656 g/mol. The Morgan fingerprint density at radius 2 is 1.81 bits per heavy atom. The van der Waals surface area contributed by atoms with E-state index in [0.717, 1.165) is 41.4 Å². The number of ketones is 3. The van der Waals surface area contributed by atoms with Crippen molar-refractivity contribution >= 4 is 34.2 Å². The molecule has 0 radical (unpaired) electrons. The highest BCUT2D eigenvalue weighted by Crippen LogP contribution is 2.37. The van der Waals surface area contributed by atoms with Crippen molar-refractivity contribution in [3.05, 3.63) is 58.0 Å². The number of alkyl halides is 4. The summed E-state index contributed by atoms with van der Waals surface area (Å²) >= 11 is 0. The molecule has 1 amide bonds. The Bertz CT molecular complexity index is 1730. The van der Waals surface area contributed by atoms with Gasteiger partial charge < -0.3 is 4.90 Å². The van der Waals surface area contributed by atoms with E-state index in [9.17, 15) is 32.3 Å². The molecule has 2 aromatic heterocycles. The standard InChI is InChI=1S/C35H40F4N4O4/c1-20-14-24-9-7-5-6-8-22(3)28(45)12-13-34(36)17-27(29(46)16-26-21(2)10-11-30(40-26)35(37,38)39)42(19-34)31(47)18-43-33(24)25(15-20)32(41-43)23(4)44/h10-11,14-15,22,27H,5-9,12-13,16-19H2,1-4H3/t22-,27+,34-/m1/s1. The molecule has 0 N–H and O–H groups in total. The van der Waals surface area contributed by atoms with E-state index >= 15 is 4.39 Å². The Balaban J connectivity index is 1.54. The van der Waals surface area contributed by atoms with Crippen molar-refractivity contribution in [1.82, 2.24) is 19.7 Å². The van der Waals surface area contributed by atoms with Gasteiger partial charge in [0.1, 0.15) is 29.4 Å². The third-order valence-corrected chi connectivity index (χ3v) is 9.55. The number of Topliss-reactive ketones (excluding diaryl/α,β-unsaturated/α-hetero) is 3. The zero-order chi connectivity index (χ0) is 34.3. The average Bonchev–Trinajstić information content (AvgIpc) is 3.54. The maximum atomic E-state index is 16.5. The zero-order valence-electron chi connectivity index (χ0n) is 27.2. The molecule has 2 aliphatic heterocycles. The molecule has 1 saturated heterocycles. The van der Waals surface area contributed by atoms with Crippen LogP contribution in [0.25, 0.3) is 10.9 Å². The number of carbonyl (C=O) groups excluding carboxylic acids is 4. The number of rotatable bonds is 4. The molecule has 0 unspecified atom stereocenters. The molecule has 3 aromatic rings. The molecule has 2 bridgehead atoms. The Kier molecular flexibility index (Phi) is 9.71. The molecule has 0 aliphatic carbocycles. The summed E-state index contributed by atoms with van der Waals surface area (Å²) in [6.07, 6.45) is -2.08. The van der Waals surface area contributed by atoms with Crippen molar-refractivity contribution in [2.24, 2.45) is 5.92 Å². The second-order valence-corrected chi connectivity index (χ2v) is 13.3. The number of pyridine rings is 1. The second kappa shape index (κ2) is 13.3. The van der Waals surface area contributed by atoms with Gasteiger partial charge in [-0.25, -0.2) is 9.37 Å². The maximum Gasteiger partial charge on any atom is 0.433 e. The summed E-state index contributed by atoms with van der Waals surface area (Å²) in [5, 5.41) is 5.12. The smallest absolute Gasteiger partial charge is 0.328 e. The van der Waals surface area contributed by atoms with E-state index in [1.54, 1.807) is 0 Å². The highest BCUT2D eigenvalue weighted by molar-refractivity contribution is 6.06. The first-order valence-corrected chi connectivity index (χ1v) is 16.1. The molecular weight excluding hydrogens is 616 g/mol. The maximum absolute atomic E-state index is 16.5. The lowest BCUT2D eigenvalue weighted by Crippen LogP contribution is -2.43. The number of hydrogen-bond donors (Lipinski definition) is 0. The number of aryl methyl sites for hydroxylation is 3. The van der Waals surface area contributed by atoms with Crippen LogP contribution in [0.1, 0.15) is 97.4 Å². The highest BCUT2D eigenvalue weighted by Gasteiger charge is 2.49. The van der Waals surface area contributed by atoms with Crippen LogP contribution in [0.4, 0.5) is 17.6 Å². The fourth-order valence-corrected chi connectivity index (χ4v) is 6.90. The molecule has 2 aliphatic rings. The van der Waals surface area contributed by atoms with Crippen LogP contribution >= 0.6 is 0 Å². The van der Waals surface area contributed by atoms with E-state index in [4.69, 9.17) is 0 Å². The SMILES string of the molecule is CC(=O)c1nn2c3c(cc(C)cc13)CCCCC[C@@H](C)C(=O)CC[C@@]1(F)C[C@@H](C(=O)Cc3nc(C(F)(F)F)ccc3C)N(C1)C(=O)C2. The summed E-state index contributed by atoms with van der Waals surface area (Å²) in [5.74, 6) is -1.90. The van der Waals surface area contributed by atoms with Crippen molar-refractivity contribution in [3.63, 3.8) is 0 Å². The number of benzene rings is 1. The number of amides is 1. The summed E-state index contributed by atoms with van der Waals surface area (Å²) in [4.78, 5) is 58.2. The Hall–Kier alpha value is -3.96. The van der Waals surface area contributed by atoms with Gasteiger partial charge in [-0.3, -0.25) is 23.9 Å². The van der Waals surface area contributed by atoms with Crippen LogP contribution in [-0.2, 0) is 39.9 Å². The van der Waals surface area contributed by atoms with E-state index in [0.29, 0.717) is 29.3 Å². The van der Waals surface area contributed by atoms with E-state index in [2.05, 4.69) is 10.1 Å². The topological polar surface area (TPSA) is 102 Å². The molecule has 252 valence electrons. The van der Waals surface area contributed by atoms with Gasteiger partial charge in [-0.15, -0.1) is 0 Å². The third-order valence-electron chi connectivity index (χ3n) is 9.55. The van der Waals surface area contributed by atoms with Gasteiger partial charge in [-0.2, -0.15) is 18.3 Å². The van der Waals surface area contributed by atoms with Gasteiger partial charge in [0, 0.05) is 31.1 Å². The van der Waals surface area contributed by atoms with Crippen LogP contribution in [0.15, 0.2) is 24.3 Å². The second-order valence-electron chi connectivity index (χ2n) is 13.3. The van der Waals surface area contributed by atoms with Crippen molar-refractivity contribution in [2.45, 2.75) is 110 Å². The molecule has 0 saturated carbocycles. The summed E-state index contributed by atoms with van der Waals surface area (Å²) in [5.41, 5.74) is -0.288. The largest absolute Gasteiger partial charge is 0.433 e. The van der Waals surface area contributed by atoms with Crippen LogP contribution in [-0.4, -0.2) is 61.2 Å². The van der Waals surface area contributed by atoms with E-state index < -0.39 is 48.2 Å². The summed E-state index contributed by atoms with van der Waals surface area (Å²) in [6, 6.07) is 4.61. The minimum absolute atomic E-state index is 0.0542. The van der Waals surface area contributed by atoms with Gasteiger partial charge in [0.05, 0.1) is 30.2 Å². The fourth-order valence-electron chi connectivity index (χ4n) is 6.90. The number of hydrogen-bond acceptors (Lipinski definition) is 6. The normalized spacial score (nSPS) is 23.3. The van der Waals surface area contributed by atoms with E-state index in [1.165, 1.54) is 24.6 Å². The lowest BCUT2D eigenvalue weighted by molar-refractivity contribution is -0.141. The number of aromatic nitrogens is 3. The minimum atomic E-state index is -4.72. The fraction of sp³-hybridized carbons (Fsp3) is 0.543. The van der Waals surface area contributed by atoms with Crippen LogP contribution in [0, 0.1) is 19.8 Å². The predicted octanol–water partition coefficient (Wildman–Crippen LogP) is 6.49. The molecule has 3 atom stereocenters. The van der Waals surface area contributed by atoms with Gasteiger partial charge in [0.25, 0.3) is 0 Å². The third kappa shape index (κ3) is 7.46. The molecule has 12 heteroatoms. The molecule has 1 aromatic carbocycles. The van der Waals surface area contributed by atoms with Crippen LogP contribution < -0.4 is 0 Å². The van der Waals surface area contributed by atoms with Gasteiger partial charge in [-0.05, 0) is 62.8 Å². The molecule has 47 heavy (non-hydrogen) atoms. The van der Waals surface area contributed by atoms with Crippen molar-refractivity contribution in [3.8, 4) is 0 Å². The molecule has 1 fully saturated rings. The predicted molar refractivity (Wildman–Crippen MR) is 167 cm³/mol. The lowest BCUT2D eigenvalue weighted by Gasteiger charge is -2.24. The number of halogens is 4. The lowest BCUT2D eigenvalue weighted by atomic mass is 9.89. The van der Waals surface area contributed by atoms with Gasteiger partial charge in [0.15, 0.2) is 11.6 Å². The van der Waals surface area contributed by atoms with Crippen LogP contribution in [0.2, 0.25) is 0 Å². The molecule has 0 spiro atoms. The Morgan fingerprint density at radius 3 is 2.51 bits per heavy atom. The summed E-state index contributed by atoms with van der Waals surface area (Å²) in [6.45, 7) is 5.84. The number of carbonyl (C=O) groups is 4. The van der Waals surface area contributed by atoms with Crippen LogP contribution in [0.5, 0.6) is 0 Å². The molecular formula is C35H40F4N4O4. The minimum Gasteiger partial charge on any atom is -0.328 e. The first kappa shape index (κ1) is 34.4. The Morgan fingerprint density at radius 1 is 1.06 bits per heavy atom. The van der Waals surface area contributed by atoms with Crippen LogP contribution in [0.3, 0.4) is 0 Å². The first-order chi connectivity index (χ1) is 22.1. The quantitative estimate of drug-likeness (QED) is 0.235. The van der Waals surface area contributed by atoms with Gasteiger partial charge in [0.2, 0.25) is 5.91 Å². The zero-order valence-corrected chi connectivity index (χ0v) is 27.2. The molecule has 4 heterocycles. The molecule has 5 rings (SSSR count). The average molecular weight is 657 g/mol. The van der Waals surface area contributed by atoms with E-state index in [1.807, 2.05) is 26.0 Å². The van der Waals surface area contributed by atoms with Crippen molar-refractivity contribution in [2.75, 3.05) is 6.54 Å². The van der Waals surface area contributed by atoms with Crippen molar-refractivity contribution in [1.29, 1.82) is 0 Å². The van der Waals surface area contributed by atoms with Gasteiger partial charge >= 0.3 is 6.18 Å². The number of fused-ring (bicyclic) bond motifs is 2. The first-order valence-electron chi connectivity index (χ1n) is 16.1. The number of nitrogens with zero attached hydrogens (tertiary/aromatic N) is 4.